The minimum atomic E-state index is -0.424. The molecule has 1 N–H and O–H groups in total. The van der Waals surface area contributed by atoms with E-state index in [1.807, 2.05) is 37.4 Å². The van der Waals surface area contributed by atoms with Gasteiger partial charge in [-0.25, -0.2) is 0 Å². The van der Waals surface area contributed by atoms with Gasteiger partial charge in [0.1, 0.15) is 0 Å². The van der Waals surface area contributed by atoms with Crippen molar-refractivity contribution in [2.75, 3.05) is 13.6 Å². The van der Waals surface area contributed by atoms with E-state index in [1.54, 1.807) is 0 Å². The molecule has 0 heterocycles. The third-order valence-electron chi connectivity index (χ3n) is 5.73. The Labute approximate surface area is 181 Å². The van der Waals surface area contributed by atoms with Gasteiger partial charge in [0.15, 0.2) is 0 Å². The van der Waals surface area contributed by atoms with Crippen LogP contribution in [0, 0.1) is 0 Å². The second kappa shape index (κ2) is 18.7. The number of allylic oxidation sites excluding steroid dienone is 1. The molecule has 0 aromatic heterocycles. The van der Waals surface area contributed by atoms with E-state index < -0.39 is 6.10 Å². The van der Waals surface area contributed by atoms with Crippen LogP contribution in [0.1, 0.15) is 115 Å². The Morgan fingerprint density at radius 2 is 1.24 bits per heavy atom. The van der Waals surface area contributed by atoms with E-state index in [-0.39, 0.29) is 0 Å². The zero-order valence-corrected chi connectivity index (χ0v) is 19.3. The van der Waals surface area contributed by atoms with E-state index in [4.69, 9.17) is 0 Å². The molecule has 1 unspecified atom stereocenters. The molecule has 0 radical (unpaired) electrons. The highest BCUT2D eigenvalue weighted by molar-refractivity contribution is 5.17. The second-order valence-electron chi connectivity index (χ2n) is 8.64. The fourth-order valence-electron chi connectivity index (χ4n) is 3.83. The van der Waals surface area contributed by atoms with Crippen LogP contribution in [0.25, 0.3) is 0 Å². The molecule has 166 valence electrons. The molecule has 0 amide bonds. The minimum absolute atomic E-state index is 0.424. The van der Waals surface area contributed by atoms with Crippen molar-refractivity contribution in [2.24, 2.45) is 0 Å². The summed E-state index contributed by atoms with van der Waals surface area (Å²) in [7, 11) is 2.04. The summed E-state index contributed by atoms with van der Waals surface area (Å²) in [6.45, 7) is 2.93. The summed E-state index contributed by atoms with van der Waals surface area (Å²) in [6.07, 6.45) is 24.8. The molecule has 2 nitrogen and oxygen atoms in total. The van der Waals surface area contributed by atoms with Crippen LogP contribution in [0.2, 0.25) is 0 Å². The van der Waals surface area contributed by atoms with Crippen molar-refractivity contribution < 1.29 is 5.11 Å². The van der Waals surface area contributed by atoms with Gasteiger partial charge < -0.3 is 10.0 Å². The maximum absolute atomic E-state index is 10.3. The normalized spacial score (nSPS) is 12.5. The first-order chi connectivity index (χ1) is 14.2. The van der Waals surface area contributed by atoms with Crippen LogP contribution < -0.4 is 0 Å². The number of hydrogen-bond donors (Lipinski definition) is 1. The van der Waals surface area contributed by atoms with E-state index >= 15 is 0 Å². The number of likely N-dealkylation sites (N-methyl/N-ethyl adjacent to an activating group) is 1. The zero-order chi connectivity index (χ0) is 21.0. The Kier molecular flexibility index (Phi) is 16.6. The fourth-order valence-corrected chi connectivity index (χ4v) is 3.83. The number of aliphatic hydroxyl groups is 1. The lowest BCUT2D eigenvalue weighted by molar-refractivity contribution is 0.145. The van der Waals surface area contributed by atoms with Crippen LogP contribution in [0.3, 0.4) is 0 Å². The van der Waals surface area contributed by atoms with E-state index in [1.165, 1.54) is 89.9 Å². The molecule has 0 saturated carbocycles. The van der Waals surface area contributed by atoms with Gasteiger partial charge in [-0.2, -0.15) is 0 Å². The Hall–Kier alpha value is -1.28. The van der Waals surface area contributed by atoms with Crippen molar-refractivity contribution in [3.63, 3.8) is 0 Å². The molecule has 0 saturated heterocycles. The molecule has 0 aliphatic rings. The third kappa shape index (κ3) is 15.3. The van der Waals surface area contributed by atoms with Crippen molar-refractivity contribution in [1.29, 1.82) is 0 Å². The van der Waals surface area contributed by atoms with E-state index in [0.717, 1.165) is 12.0 Å². The quantitative estimate of drug-likeness (QED) is 0.237. The van der Waals surface area contributed by atoms with E-state index in [2.05, 4.69) is 24.1 Å². The van der Waals surface area contributed by atoms with E-state index in [0.29, 0.717) is 6.54 Å². The van der Waals surface area contributed by atoms with Crippen molar-refractivity contribution in [3.8, 4) is 0 Å². The van der Waals surface area contributed by atoms with Gasteiger partial charge >= 0.3 is 0 Å². The number of rotatable bonds is 19. The van der Waals surface area contributed by atoms with Crippen molar-refractivity contribution in [2.45, 2.75) is 109 Å². The fraction of sp³-hybridized carbons (Fsp3) is 0.704. The highest BCUT2D eigenvalue weighted by Gasteiger charge is 2.07. The number of nitrogens with zero attached hydrogens (tertiary/aromatic N) is 1. The SMILES string of the molecule is CCCCCCCCCCCCCCCCC=CN(C)CC(O)c1ccccc1. The standard InChI is InChI=1S/C27H47NO/c1-3-4-5-6-7-8-9-10-11-12-13-14-15-16-17-21-24-28(2)25-27(29)26-22-19-18-20-23-26/h18-24,27,29H,3-17,25H2,1-2H3. The lowest BCUT2D eigenvalue weighted by atomic mass is 10.0. The summed E-state index contributed by atoms with van der Waals surface area (Å²) >= 11 is 0. The van der Waals surface area contributed by atoms with Crippen molar-refractivity contribution in [1.82, 2.24) is 4.90 Å². The molecule has 1 aromatic rings. The summed E-state index contributed by atoms with van der Waals surface area (Å²) in [5, 5.41) is 10.3. The highest BCUT2D eigenvalue weighted by atomic mass is 16.3. The number of unbranched alkanes of at least 4 members (excludes halogenated alkanes) is 14. The third-order valence-corrected chi connectivity index (χ3v) is 5.73. The lowest BCUT2D eigenvalue weighted by Gasteiger charge is -2.19. The van der Waals surface area contributed by atoms with Gasteiger partial charge in [0.25, 0.3) is 0 Å². The average molecular weight is 402 g/mol. The highest BCUT2D eigenvalue weighted by Crippen LogP contribution is 2.15. The van der Waals surface area contributed by atoms with Gasteiger partial charge in [0.05, 0.1) is 6.10 Å². The van der Waals surface area contributed by atoms with Gasteiger partial charge in [0.2, 0.25) is 0 Å². The monoisotopic (exact) mass is 401 g/mol. The first-order valence-corrected chi connectivity index (χ1v) is 12.3. The van der Waals surface area contributed by atoms with Crippen LogP contribution in [-0.2, 0) is 0 Å². The summed E-state index contributed by atoms with van der Waals surface area (Å²) in [5.41, 5.74) is 0.986. The van der Waals surface area contributed by atoms with Gasteiger partial charge in [0, 0.05) is 13.6 Å². The molecule has 0 spiro atoms. The molecule has 29 heavy (non-hydrogen) atoms. The van der Waals surface area contributed by atoms with Gasteiger partial charge in [-0.15, -0.1) is 0 Å². The smallest absolute Gasteiger partial charge is 0.0964 e. The topological polar surface area (TPSA) is 23.5 Å². The maximum atomic E-state index is 10.3. The summed E-state index contributed by atoms with van der Waals surface area (Å²) in [6, 6.07) is 9.90. The first-order valence-electron chi connectivity index (χ1n) is 12.3. The van der Waals surface area contributed by atoms with Crippen LogP contribution in [0.5, 0.6) is 0 Å². The first kappa shape index (κ1) is 25.8. The average Bonchev–Trinajstić information content (AvgIpc) is 2.74. The molecule has 2 heteroatoms. The van der Waals surface area contributed by atoms with Gasteiger partial charge in [-0.3, -0.25) is 0 Å². The van der Waals surface area contributed by atoms with Crippen LogP contribution in [0.15, 0.2) is 42.6 Å². The molecular weight excluding hydrogens is 354 g/mol. The van der Waals surface area contributed by atoms with Gasteiger partial charge in [-0.1, -0.05) is 127 Å². The predicted octanol–water partition coefficient (Wildman–Crippen LogP) is 8.04. The largest absolute Gasteiger partial charge is 0.387 e. The molecule has 1 aromatic carbocycles. The predicted molar refractivity (Wildman–Crippen MR) is 128 cm³/mol. The molecule has 0 aliphatic heterocycles. The zero-order valence-electron chi connectivity index (χ0n) is 19.3. The van der Waals surface area contributed by atoms with Gasteiger partial charge in [-0.05, 0) is 24.6 Å². The molecule has 0 aliphatic carbocycles. The molecule has 0 fully saturated rings. The number of hydrogen-bond acceptors (Lipinski definition) is 2. The summed E-state index contributed by atoms with van der Waals surface area (Å²) in [5.74, 6) is 0. The van der Waals surface area contributed by atoms with Crippen LogP contribution in [0.4, 0.5) is 0 Å². The molecular formula is C27H47NO. The summed E-state index contributed by atoms with van der Waals surface area (Å²) in [4.78, 5) is 2.08. The van der Waals surface area contributed by atoms with E-state index in [9.17, 15) is 5.11 Å². The van der Waals surface area contributed by atoms with Crippen molar-refractivity contribution >= 4 is 0 Å². The number of benzene rings is 1. The van der Waals surface area contributed by atoms with Crippen LogP contribution in [-0.4, -0.2) is 23.6 Å². The lowest BCUT2D eigenvalue weighted by Crippen LogP contribution is -2.19. The van der Waals surface area contributed by atoms with Crippen LogP contribution >= 0.6 is 0 Å². The Bertz CT molecular complexity index is 485. The molecule has 1 rings (SSSR count). The Morgan fingerprint density at radius 3 is 1.76 bits per heavy atom. The summed E-state index contributed by atoms with van der Waals surface area (Å²) < 4.78 is 0. The Morgan fingerprint density at radius 1 is 0.759 bits per heavy atom. The number of aliphatic hydroxyl groups excluding tert-OH is 1. The minimum Gasteiger partial charge on any atom is -0.387 e. The molecule has 1 atom stereocenters. The Balaban J connectivity index is 1.86. The maximum Gasteiger partial charge on any atom is 0.0964 e. The van der Waals surface area contributed by atoms with Crippen molar-refractivity contribution in [3.05, 3.63) is 48.2 Å². The molecule has 0 bridgehead atoms. The second-order valence-corrected chi connectivity index (χ2v) is 8.64.